The molecule has 0 aliphatic heterocycles. The number of hydrogen-bond donors (Lipinski definition) is 1. The maximum atomic E-state index is 13.2. The van der Waals surface area contributed by atoms with Gasteiger partial charge in [-0.3, -0.25) is 9.36 Å². The maximum Gasteiger partial charge on any atom is 0.419 e. The number of aryl methyl sites for hydroxylation is 1. The Morgan fingerprint density at radius 1 is 1.17 bits per heavy atom. The first-order valence-electron chi connectivity index (χ1n) is 8.96. The fraction of sp³-hybridized carbons (Fsp3) is 0.250. The highest BCUT2D eigenvalue weighted by Crippen LogP contribution is 2.27. The zero-order chi connectivity index (χ0) is 20.8. The highest BCUT2D eigenvalue weighted by Gasteiger charge is 2.25. The Morgan fingerprint density at radius 3 is 2.62 bits per heavy atom. The number of thiazole rings is 1. The molecule has 0 unspecified atom stereocenters. The molecule has 0 atom stereocenters. The lowest BCUT2D eigenvalue weighted by atomic mass is 10.1. The van der Waals surface area contributed by atoms with E-state index < -0.39 is 11.7 Å². The van der Waals surface area contributed by atoms with E-state index >= 15 is 0 Å². The predicted octanol–water partition coefficient (Wildman–Crippen LogP) is 4.21. The predicted molar refractivity (Wildman–Crippen MR) is 109 cm³/mol. The number of ketones is 1. The van der Waals surface area contributed by atoms with E-state index in [4.69, 9.17) is 4.74 Å². The molecule has 1 N–H and O–H groups in total. The zero-order valence-electron chi connectivity index (χ0n) is 16.4. The molecular weight excluding hydrogens is 390 g/mol. The van der Waals surface area contributed by atoms with Crippen LogP contribution in [0.5, 0.6) is 0 Å². The summed E-state index contributed by atoms with van der Waals surface area (Å²) in [6, 6.07) is 7.21. The number of aromatic amines is 1. The van der Waals surface area contributed by atoms with Gasteiger partial charge in [-0.2, -0.15) is 0 Å². The van der Waals surface area contributed by atoms with Crippen molar-refractivity contribution in [3.05, 3.63) is 52.2 Å². The van der Waals surface area contributed by atoms with Crippen LogP contribution in [0.15, 0.2) is 35.8 Å². The van der Waals surface area contributed by atoms with E-state index in [1.54, 1.807) is 45.2 Å². The van der Waals surface area contributed by atoms with Crippen LogP contribution in [0.3, 0.4) is 0 Å². The first-order chi connectivity index (χ1) is 13.7. The highest BCUT2D eigenvalue weighted by atomic mass is 32.1. The van der Waals surface area contributed by atoms with E-state index in [0.29, 0.717) is 38.8 Å². The van der Waals surface area contributed by atoms with Gasteiger partial charge in [-0.25, -0.2) is 9.78 Å². The molecule has 8 nitrogen and oxygen atoms in total. The van der Waals surface area contributed by atoms with Crippen LogP contribution in [0.1, 0.15) is 42.0 Å². The number of aromatic nitrogens is 5. The molecule has 1 aromatic carbocycles. The Bertz CT molecular complexity index is 1230. The van der Waals surface area contributed by atoms with E-state index in [1.807, 2.05) is 12.1 Å². The van der Waals surface area contributed by atoms with Gasteiger partial charge in [0.25, 0.3) is 0 Å². The van der Waals surface area contributed by atoms with E-state index in [1.165, 1.54) is 22.1 Å². The van der Waals surface area contributed by atoms with Crippen molar-refractivity contribution in [3.8, 4) is 11.5 Å². The summed E-state index contributed by atoms with van der Waals surface area (Å²) in [6.07, 6.45) is 0.977. The molecule has 148 valence electrons. The minimum absolute atomic E-state index is 0.268. The molecule has 0 fully saturated rings. The van der Waals surface area contributed by atoms with Gasteiger partial charge in [0.05, 0.1) is 11.1 Å². The van der Waals surface area contributed by atoms with Crippen molar-refractivity contribution < 1.29 is 14.3 Å². The van der Waals surface area contributed by atoms with Crippen LogP contribution in [0.25, 0.3) is 22.4 Å². The summed E-state index contributed by atoms with van der Waals surface area (Å²) < 4.78 is 6.84. The van der Waals surface area contributed by atoms with Gasteiger partial charge < -0.3 is 9.72 Å². The number of carbonyl (C=O) groups is 2. The van der Waals surface area contributed by atoms with Crippen molar-refractivity contribution in [2.24, 2.45) is 0 Å². The second-order valence-corrected chi connectivity index (χ2v) is 8.39. The molecule has 29 heavy (non-hydrogen) atoms. The third-order valence-corrected chi connectivity index (χ3v) is 4.93. The van der Waals surface area contributed by atoms with Crippen molar-refractivity contribution >= 4 is 34.1 Å². The lowest BCUT2D eigenvalue weighted by Gasteiger charge is -2.19. The fourth-order valence-corrected chi connectivity index (χ4v) is 3.64. The SMILES string of the molecule is Cc1nnc(-c2csc(C(=O)c3cn(C(=O)OC(C)(C)C)c4ccccc34)n2)[nH]1. The van der Waals surface area contributed by atoms with Gasteiger partial charge in [0.15, 0.2) is 10.8 Å². The van der Waals surface area contributed by atoms with Gasteiger partial charge in [-0.1, -0.05) is 18.2 Å². The number of benzene rings is 1. The Morgan fingerprint density at radius 2 is 1.93 bits per heavy atom. The van der Waals surface area contributed by atoms with Crippen molar-refractivity contribution in [2.75, 3.05) is 0 Å². The summed E-state index contributed by atoms with van der Waals surface area (Å²) >= 11 is 1.22. The number of rotatable bonds is 3. The number of nitrogens with one attached hydrogen (secondary N) is 1. The van der Waals surface area contributed by atoms with Gasteiger partial charge in [-0.15, -0.1) is 21.5 Å². The quantitative estimate of drug-likeness (QED) is 0.509. The normalized spacial score (nSPS) is 11.7. The summed E-state index contributed by atoms with van der Waals surface area (Å²) in [6.45, 7) is 7.18. The summed E-state index contributed by atoms with van der Waals surface area (Å²) in [5, 5.41) is 10.6. The molecule has 0 aliphatic carbocycles. The van der Waals surface area contributed by atoms with Crippen LogP contribution in [0, 0.1) is 6.92 Å². The van der Waals surface area contributed by atoms with Crippen LogP contribution in [0.2, 0.25) is 0 Å². The second-order valence-electron chi connectivity index (χ2n) is 7.54. The first kappa shape index (κ1) is 19.0. The maximum absolute atomic E-state index is 13.2. The molecule has 0 spiro atoms. The molecule has 0 radical (unpaired) electrons. The Kier molecular flexibility index (Phi) is 4.54. The smallest absolute Gasteiger partial charge is 0.419 e. The third kappa shape index (κ3) is 3.68. The molecular formula is C20H19N5O3S. The number of ether oxygens (including phenoxy) is 1. The fourth-order valence-electron chi connectivity index (χ4n) is 2.89. The van der Waals surface area contributed by atoms with E-state index in [2.05, 4.69) is 20.2 Å². The van der Waals surface area contributed by atoms with Gasteiger partial charge in [0, 0.05) is 17.0 Å². The molecule has 3 aromatic heterocycles. The zero-order valence-corrected chi connectivity index (χ0v) is 17.2. The van der Waals surface area contributed by atoms with Crippen molar-refractivity contribution in [2.45, 2.75) is 33.3 Å². The number of carbonyl (C=O) groups excluding carboxylic acids is 2. The van der Waals surface area contributed by atoms with E-state index in [-0.39, 0.29) is 5.78 Å². The molecule has 0 saturated heterocycles. The van der Waals surface area contributed by atoms with Gasteiger partial charge >= 0.3 is 6.09 Å². The standard InChI is InChI=1S/C20H19N5O3S/c1-11-21-17(24-23-11)14-10-29-18(22-14)16(26)13-9-25(19(27)28-20(2,3)4)15-8-6-5-7-12(13)15/h5-10H,1-4H3,(H,21,23,24). The summed E-state index contributed by atoms with van der Waals surface area (Å²) in [4.78, 5) is 33.2. The van der Waals surface area contributed by atoms with Gasteiger partial charge in [0.2, 0.25) is 5.78 Å². The van der Waals surface area contributed by atoms with Crippen molar-refractivity contribution in [3.63, 3.8) is 0 Å². The number of H-pyrrole nitrogens is 1. The van der Waals surface area contributed by atoms with Crippen molar-refractivity contribution in [1.82, 2.24) is 24.7 Å². The molecule has 0 amide bonds. The van der Waals surface area contributed by atoms with Gasteiger partial charge in [-0.05, 0) is 33.8 Å². The molecule has 0 bridgehead atoms. The average Bonchev–Trinajstić information content (AvgIpc) is 3.37. The number of para-hydroxylation sites is 1. The van der Waals surface area contributed by atoms with Crippen LogP contribution in [-0.4, -0.2) is 42.2 Å². The van der Waals surface area contributed by atoms with Crippen LogP contribution >= 0.6 is 11.3 Å². The largest absolute Gasteiger partial charge is 0.443 e. The monoisotopic (exact) mass is 409 g/mol. The molecule has 0 saturated carbocycles. The minimum atomic E-state index is -0.647. The van der Waals surface area contributed by atoms with E-state index in [0.717, 1.165) is 0 Å². The Hall–Kier alpha value is -3.33. The highest BCUT2D eigenvalue weighted by molar-refractivity contribution is 7.12. The lowest BCUT2D eigenvalue weighted by Crippen LogP contribution is -2.26. The first-order valence-corrected chi connectivity index (χ1v) is 9.84. The van der Waals surface area contributed by atoms with Gasteiger partial charge in [0.1, 0.15) is 17.1 Å². The Labute approximate surface area is 170 Å². The molecule has 3 heterocycles. The average molecular weight is 409 g/mol. The molecule has 0 aliphatic rings. The molecule has 9 heteroatoms. The summed E-state index contributed by atoms with van der Waals surface area (Å²) in [5.74, 6) is 0.909. The summed E-state index contributed by atoms with van der Waals surface area (Å²) in [7, 11) is 0. The van der Waals surface area contributed by atoms with E-state index in [9.17, 15) is 9.59 Å². The van der Waals surface area contributed by atoms with Crippen LogP contribution < -0.4 is 0 Å². The van der Waals surface area contributed by atoms with Crippen molar-refractivity contribution in [1.29, 1.82) is 0 Å². The minimum Gasteiger partial charge on any atom is -0.443 e. The number of fused-ring (bicyclic) bond motifs is 1. The number of hydrogen-bond acceptors (Lipinski definition) is 7. The third-order valence-electron chi connectivity index (χ3n) is 4.09. The Balaban J connectivity index is 1.73. The molecule has 4 rings (SSSR count). The lowest BCUT2D eigenvalue weighted by molar-refractivity contribution is 0.0544. The van der Waals surface area contributed by atoms with Crippen LogP contribution in [-0.2, 0) is 4.74 Å². The molecule has 4 aromatic rings. The summed E-state index contributed by atoms with van der Waals surface area (Å²) in [5.41, 5.74) is 0.898. The topological polar surface area (TPSA) is 103 Å². The van der Waals surface area contributed by atoms with Crippen LogP contribution in [0.4, 0.5) is 4.79 Å². The number of nitrogens with zero attached hydrogens (tertiary/aromatic N) is 4. The second kappa shape index (κ2) is 6.93.